The molecule has 0 aliphatic carbocycles. The highest BCUT2D eigenvalue weighted by Crippen LogP contribution is 2.20. The van der Waals surface area contributed by atoms with Gasteiger partial charge >= 0.3 is 6.09 Å². The van der Waals surface area contributed by atoms with Crippen LogP contribution in [0.1, 0.15) is 44.1 Å². The zero-order chi connectivity index (χ0) is 23.0. The summed E-state index contributed by atoms with van der Waals surface area (Å²) in [7, 11) is 0. The zero-order valence-corrected chi connectivity index (χ0v) is 20.1. The van der Waals surface area contributed by atoms with Gasteiger partial charge in [0.05, 0.1) is 0 Å². The molecule has 1 aromatic carbocycles. The lowest BCUT2D eigenvalue weighted by atomic mass is 9.96. The van der Waals surface area contributed by atoms with Crippen molar-refractivity contribution in [1.29, 1.82) is 0 Å². The van der Waals surface area contributed by atoms with Gasteiger partial charge in [0.25, 0.3) is 0 Å². The van der Waals surface area contributed by atoms with E-state index in [2.05, 4.69) is 33.0 Å². The van der Waals surface area contributed by atoms with E-state index in [1.807, 2.05) is 51.1 Å². The Kier molecular flexibility index (Phi) is 8.70. The molecule has 1 aliphatic rings. The van der Waals surface area contributed by atoms with Gasteiger partial charge < -0.3 is 15.4 Å². The van der Waals surface area contributed by atoms with E-state index in [9.17, 15) is 9.59 Å². The Labute approximate surface area is 195 Å². The smallest absolute Gasteiger partial charge is 0.408 e. The normalized spacial score (nSPS) is 16.3. The first kappa shape index (κ1) is 24.3. The van der Waals surface area contributed by atoms with Gasteiger partial charge in [-0.3, -0.25) is 9.69 Å². The summed E-state index contributed by atoms with van der Waals surface area (Å²) in [5.74, 6) is 0.290. The number of rotatable bonds is 8. The topological polar surface area (TPSA) is 70.7 Å². The van der Waals surface area contributed by atoms with Crippen molar-refractivity contribution in [3.05, 3.63) is 58.3 Å². The lowest BCUT2D eigenvalue weighted by molar-refractivity contribution is -0.123. The number of hydrogen-bond acceptors (Lipinski definition) is 5. The van der Waals surface area contributed by atoms with Gasteiger partial charge in [0.15, 0.2) is 0 Å². The number of alkyl carbamates (subject to hydrolysis) is 1. The van der Waals surface area contributed by atoms with E-state index in [0.29, 0.717) is 18.9 Å². The Morgan fingerprint density at radius 1 is 1.12 bits per heavy atom. The number of benzene rings is 1. The summed E-state index contributed by atoms with van der Waals surface area (Å²) in [5, 5.41) is 7.96. The predicted octanol–water partition coefficient (Wildman–Crippen LogP) is 4.21. The number of likely N-dealkylation sites (tertiary alicyclic amines) is 1. The first-order valence-electron chi connectivity index (χ1n) is 11.3. The fourth-order valence-corrected chi connectivity index (χ4v) is 4.59. The Balaban J connectivity index is 1.49. The fraction of sp³-hybridized carbons (Fsp3) is 0.520. The molecule has 0 radical (unpaired) electrons. The minimum absolute atomic E-state index is 0.166. The number of nitrogens with one attached hydrogen (secondary N) is 2. The Bertz CT molecular complexity index is 841. The summed E-state index contributed by atoms with van der Waals surface area (Å²) >= 11 is 1.80. The van der Waals surface area contributed by atoms with Crippen LogP contribution in [0.25, 0.3) is 0 Å². The molecule has 2 aromatic rings. The molecule has 2 amide bonds. The van der Waals surface area contributed by atoms with E-state index in [0.717, 1.165) is 38.0 Å². The van der Waals surface area contributed by atoms with Gasteiger partial charge in [-0.2, -0.15) is 0 Å². The van der Waals surface area contributed by atoms with Gasteiger partial charge in [0.1, 0.15) is 11.6 Å². The molecule has 3 rings (SSSR count). The second-order valence-electron chi connectivity index (χ2n) is 9.43. The van der Waals surface area contributed by atoms with Crippen LogP contribution in [0.5, 0.6) is 0 Å². The molecule has 1 saturated heterocycles. The number of carbonyl (C=O) groups excluding carboxylic acids is 2. The monoisotopic (exact) mass is 457 g/mol. The molecule has 1 unspecified atom stereocenters. The van der Waals surface area contributed by atoms with Crippen molar-refractivity contribution >= 4 is 23.3 Å². The van der Waals surface area contributed by atoms with Gasteiger partial charge in [-0.1, -0.05) is 36.4 Å². The maximum Gasteiger partial charge on any atom is 0.408 e. The maximum atomic E-state index is 13.0. The number of ether oxygens (including phenoxy) is 1. The van der Waals surface area contributed by atoms with Crippen LogP contribution >= 0.6 is 11.3 Å². The summed E-state index contributed by atoms with van der Waals surface area (Å²) in [6.07, 6.45) is 1.98. The van der Waals surface area contributed by atoms with Crippen LogP contribution in [0, 0.1) is 5.92 Å². The highest BCUT2D eigenvalue weighted by Gasteiger charge is 2.26. The third-order valence-corrected chi connectivity index (χ3v) is 6.38. The number of piperidine rings is 1. The van der Waals surface area contributed by atoms with Crippen LogP contribution in [0.2, 0.25) is 0 Å². The summed E-state index contributed by atoms with van der Waals surface area (Å²) in [6, 6.07) is 13.3. The zero-order valence-electron chi connectivity index (χ0n) is 19.3. The quantitative estimate of drug-likeness (QED) is 0.623. The van der Waals surface area contributed by atoms with Crippen molar-refractivity contribution in [3.8, 4) is 0 Å². The van der Waals surface area contributed by atoms with Gasteiger partial charge in [-0.05, 0) is 69.6 Å². The molecule has 2 heterocycles. The second kappa shape index (κ2) is 11.5. The molecule has 6 nitrogen and oxygen atoms in total. The van der Waals surface area contributed by atoms with E-state index >= 15 is 0 Å². The van der Waals surface area contributed by atoms with Gasteiger partial charge in [0.2, 0.25) is 5.91 Å². The van der Waals surface area contributed by atoms with Crippen molar-refractivity contribution in [1.82, 2.24) is 15.5 Å². The van der Waals surface area contributed by atoms with Gasteiger partial charge in [-0.25, -0.2) is 4.79 Å². The largest absolute Gasteiger partial charge is 0.444 e. The van der Waals surface area contributed by atoms with Gasteiger partial charge in [-0.15, -0.1) is 11.3 Å². The lowest BCUT2D eigenvalue weighted by Gasteiger charge is -2.32. The van der Waals surface area contributed by atoms with Crippen LogP contribution in [-0.2, 0) is 22.5 Å². The standard InChI is InChI=1S/C25H35N3O3S/c1-25(2,3)31-24(30)27-22(16-19-8-5-4-6-9-19)23(29)26-17-20-11-13-28(14-12-20)18-21-10-7-15-32-21/h4-10,15,20,22H,11-14,16-18H2,1-3H3,(H,26,29)(H,27,30). The Hall–Kier alpha value is -2.38. The number of carbonyl (C=O) groups is 2. The molecule has 1 aromatic heterocycles. The SMILES string of the molecule is CC(C)(C)OC(=O)NC(Cc1ccccc1)C(=O)NCC1CCN(Cc2cccs2)CC1. The first-order chi connectivity index (χ1) is 15.3. The summed E-state index contributed by atoms with van der Waals surface area (Å²) in [6.45, 7) is 9.16. The molecule has 1 aliphatic heterocycles. The summed E-state index contributed by atoms with van der Waals surface area (Å²) in [5.41, 5.74) is 0.375. The molecule has 1 fully saturated rings. The average Bonchev–Trinajstić information content (AvgIpc) is 3.25. The summed E-state index contributed by atoms with van der Waals surface area (Å²) < 4.78 is 5.37. The van der Waals surface area contributed by atoms with E-state index in [4.69, 9.17) is 4.74 Å². The molecule has 7 heteroatoms. The van der Waals surface area contributed by atoms with Crippen LogP contribution in [0.4, 0.5) is 4.79 Å². The van der Waals surface area contributed by atoms with E-state index in [1.54, 1.807) is 11.3 Å². The molecule has 0 spiro atoms. The molecule has 0 bridgehead atoms. The minimum atomic E-state index is -0.675. The van der Waals surface area contributed by atoms with Crippen molar-refractivity contribution in [2.24, 2.45) is 5.92 Å². The van der Waals surface area contributed by atoms with Crippen molar-refractivity contribution in [2.45, 2.75) is 58.2 Å². The average molecular weight is 458 g/mol. The van der Waals surface area contributed by atoms with E-state index < -0.39 is 17.7 Å². The number of hydrogen-bond donors (Lipinski definition) is 2. The maximum absolute atomic E-state index is 13.0. The van der Waals surface area contributed by atoms with Gasteiger partial charge in [0, 0.05) is 24.4 Å². The highest BCUT2D eigenvalue weighted by molar-refractivity contribution is 7.09. The lowest BCUT2D eigenvalue weighted by Crippen LogP contribution is -2.50. The molecule has 1 atom stereocenters. The summed E-state index contributed by atoms with van der Waals surface area (Å²) in [4.78, 5) is 29.2. The number of thiophene rings is 1. The molecule has 0 saturated carbocycles. The van der Waals surface area contributed by atoms with Crippen LogP contribution < -0.4 is 10.6 Å². The highest BCUT2D eigenvalue weighted by atomic mass is 32.1. The number of amides is 2. The van der Waals surface area contributed by atoms with E-state index in [1.165, 1.54) is 4.88 Å². The Morgan fingerprint density at radius 2 is 1.84 bits per heavy atom. The Morgan fingerprint density at radius 3 is 2.47 bits per heavy atom. The van der Waals surface area contributed by atoms with Crippen LogP contribution in [0.15, 0.2) is 47.8 Å². The van der Waals surface area contributed by atoms with Crippen molar-refractivity contribution in [2.75, 3.05) is 19.6 Å². The molecule has 174 valence electrons. The second-order valence-corrected chi connectivity index (χ2v) is 10.5. The molecular formula is C25H35N3O3S. The number of nitrogens with zero attached hydrogens (tertiary/aromatic N) is 1. The predicted molar refractivity (Wildman–Crippen MR) is 129 cm³/mol. The third kappa shape index (κ3) is 8.28. The van der Waals surface area contributed by atoms with Crippen molar-refractivity contribution < 1.29 is 14.3 Å². The van der Waals surface area contributed by atoms with Crippen LogP contribution in [0.3, 0.4) is 0 Å². The van der Waals surface area contributed by atoms with E-state index in [-0.39, 0.29) is 5.91 Å². The molecule has 32 heavy (non-hydrogen) atoms. The molecule has 2 N–H and O–H groups in total. The van der Waals surface area contributed by atoms with Crippen molar-refractivity contribution in [3.63, 3.8) is 0 Å². The molecular weight excluding hydrogens is 422 g/mol. The first-order valence-corrected chi connectivity index (χ1v) is 12.2. The third-order valence-electron chi connectivity index (χ3n) is 5.52. The van der Waals surface area contributed by atoms with Crippen LogP contribution in [-0.4, -0.2) is 48.2 Å². The fourth-order valence-electron chi connectivity index (χ4n) is 3.85. The minimum Gasteiger partial charge on any atom is -0.444 e.